The number of hydrogen-bond donors (Lipinski definition) is 3. The van der Waals surface area contributed by atoms with Gasteiger partial charge in [0.15, 0.2) is 0 Å². The Morgan fingerprint density at radius 3 is 2.53 bits per heavy atom. The van der Waals surface area contributed by atoms with Gasteiger partial charge < -0.3 is 15.7 Å². The van der Waals surface area contributed by atoms with Gasteiger partial charge in [-0.15, -0.1) is 0 Å². The standard InChI is InChI=1S/C12H22N2O3/c1-9(15)8-14-11(16)6-7-13-12(17)10-4-2-3-5-10/h9-10,15H,2-8H2,1H3,(H,13,17)(H,14,16). The third-order valence-corrected chi connectivity index (χ3v) is 2.97. The molecule has 5 heteroatoms. The van der Waals surface area contributed by atoms with Gasteiger partial charge in [-0.2, -0.15) is 0 Å². The highest BCUT2D eigenvalue weighted by atomic mass is 16.3. The Hall–Kier alpha value is -1.10. The Kier molecular flexibility index (Phi) is 5.97. The van der Waals surface area contributed by atoms with E-state index in [-0.39, 0.29) is 30.7 Å². The highest BCUT2D eigenvalue weighted by molar-refractivity contribution is 5.80. The van der Waals surface area contributed by atoms with E-state index in [0.29, 0.717) is 6.54 Å². The van der Waals surface area contributed by atoms with Crippen molar-refractivity contribution in [1.82, 2.24) is 10.6 Å². The largest absolute Gasteiger partial charge is 0.392 e. The van der Waals surface area contributed by atoms with E-state index in [9.17, 15) is 9.59 Å². The van der Waals surface area contributed by atoms with Gasteiger partial charge >= 0.3 is 0 Å². The molecule has 0 aliphatic heterocycles. The van der Waals surface area contributed by atoms with Gasteiger partial charge in [0.25, 0.3) is 0 Å². The van der Waals surface area contributed by atoms with E-state index >= 15 is 0 Å². The summed E-state index contributed by atoms with van der Waals surface area (Å²) in [5, 5.41) is 14.3. The average Bonchev–Trinajstić information content (AvgIpc) is 2.79. The van der Waals surface area contributed by atoms with Crippen LogP contribution >= 0.6 is 0 Å². The van der Waals surface area contributed by atoms with Gasteiger partial charge in [-0.25, -0.2) is 0 Å². The molecule has 5 nitrogen and oxygen atoms in total. The molecule has 1 saturated carbocycles. The van der Waals surface area contributed by atoms with Gasteiger partial charge in [0.1, 0.15) is 0 Å². The minimum atomic E-state index is -0.535. The first-order valence-electron chi connectivity index (χ1n) is 6.32. The number of nitrogens with one attached hydrogen (secondary N) is 2. The van der Waals surface area contributed by atoms with E-state index in [1.54, 1.807) is 6.92 Å². The van der Waals surface area contributed by atoms with Crippen LogP contribution in [0.5, 0.6) is 0 Å². The molecule has 0 radical (unpaired) electrons. The summed E-state index contributed by atoms with van der Waals surface area (Å²) >= 11 is 0. The lowest BCUT2D eigenvalue weighted by Gasteiger charge is -2.10. The third kappa shape index (κ3) is 5.68. The number of aliphatic hydroxyl groups is 1. The predicted molar refractivity (Wildman–Crippen MR) is 64.3 cm³/mol. The summed E-state index contributed by atoms with van der Waals surface area (Å²) in [6.45, 7) is 2.25. The van der Waals surface area contributed by atoms with Crippen LogP contribution in [0, 0.1) is 5.92 Å². The highest BCUT2D eigenvalue weighted by Gasteiger charge is 2.22. The van der Waals surface area contributed by atoms with E-state index in [2.05, 4.69) is 10.6 Å². The van der Waals surface area contributed by atoms with Crippen molar-refractivity contribution >= 4 is 11.8 Å². The van der Waals surface area contributed by atoms with E-state index < -0.39 is 6.10 Å². The second-order valence-corrected chi connectivity index (χ2v) is 4.68. The normalized spacial score (nSPS) is 17.8. The SMILES string of the molecule is CC(O)CNC(=O)CCNC(=O)C1CCCC1. The van der Waals surface area contributed by atoms with Crippen LogP contribution < -0.4 is 10.6 Å². The molecule has 1 fully saturated rings. The number of amides is 2. The molecular weight excluding hydrogens is 220 g/mol. The molecule has 2 amide bonds. The van der Waals surface area contributed by atoms with Crippen molar-refractivity contribution in [2.75, 3.05) is 13.1 Å². The van der Waals surface area contributed by atoms with Crippen LogP contribution in [-0.4, -0.2) is 36.1 Å². The molecule has 0 spiro atoms. The first kappa shape index (κ1) is 14.0. The fraction of sp³-hybridized carbons (Fsp3) is 0.833. The molecule has 1 aliphatic rings. The molecule has 0 saturated heterocycles. The summed E-state index contributed by atoms with van der Waals surface area (Å²) in [4.78, 5) is 22.9. The molecular formula is C12H22N2O3. The molecule has 0 aromatic rings. The zero-order chi connectivity index (χ0) is 12.7. The smallest absolute Gasteiger partial charge is 0.223 e. The van der Waals surface area contributed by atoms with E-state index in [1.807, 2.05) is 0 Å². The van der Waals surface area contributed by atoms with Gasteiger partial charge in [0.05, 0.1) is 6.10 Å². The van der Waals surface area contributed by atoms with E-state index in [0.717, 1.165) is 25.7 Å². The lowest BCUT2D eigenvalue weighted by Crippen LogP contribution is -2.35. The van der Waals surface area contributed by atoms with Crippen LogP contribution in [0.25, 0.3) is 0 Å². The molecule has 98 valence electrons. The minimum absolute atomic E-state index is 0.0748. The topological polar surface area (TPSA) is 78.4 Å². The minimum Gasteiger partial charge on any atom is -0.392 e. The fourth-order valence-corrected chi connectivity index (χ4v) is 1.98. The van der Waals surface area contributed by atoms with Crippen LogP contribution in [-0.2, 0) is 9.59 Å². The summed E-state index contributed by atoms with van der Waals surface area (Å²) in [5.74, 6) is 0.0824. The second kappa shape index (κ2) is 7.27. The summed E-state index contributed by atoms with van der Waals surface area (Å²) in [6.07, 6.45) is 3.94. The first-order chi connectivity index (χ1) is 8.09. The number of hydrogen-bond acceptors (Lipinski definition) is 3. The van der Waals surface area contributed by atoms with Gasteiger partial charge in [-0.1, -0.05) is 12.8 Å². The molecule has 0 aromatic carbocycles. The molecule has 1 unspecified atom stereocenters. The quantitative estimate of drug-likeness (QED) is 0.621. The molecule has 3 N–H and O–H groups in total. The van der Waals surface area contributed by atoms with Crippen LogP contribution in [0.15, 0.2) is 0 Å². The maximum Gasteiger partial charge on any atom is 0.223 e. The Labute approximate surface area is 102 Å². The molecule has 0 heterocycles. The fourth-order valence-electron chi connectivity index (χ4n) is 1.98. The van der Waals surface area contributed by atoms with Crippen molar-refractivity contribution < 1.29 is 14.7 Å². The monoisotopic (exact) mass is 242 g/mol. The Morgan fingerprint density at radius 2 is 1.94 bits per heavy atom. The number of carbonyl (C=O) groups excluding carboxylic acids is 2. The Bertz CT molecular complexity index is 260. The molecule has 0 bridgehead atoms. The van der Waals surface area contributed by atoms with Gasteiger partial charge in [-0.05, 0) is 19.8 Å². The maximum absolute atomic E-state index is 11.6. The van der Waals surface area contributed by atoms with Crippen LogP contribution in [0.1, 0.15) is 39.0 Å². The maximum atomic E-state index is 11.6. The van der Waals surface area contributed by atoms with Crippen LogP contribution in [0.2, 0.25) is 0 Å². The zero-order valence-corrected chi connectivity index (χ0v) is 10.4. The van der Waals surface area contributed by atoms with Gasteiger partial charge in [0.2, 0.25) is 11.8 Å². The lowest BCUT2D eigenvalue weighted by molar-refractivity contribution is -0.125. The van der Waals surface area contributed by atoms with Gasteiger partial charge in [-0.3, -0.25) is 9.59 Å². The summed E-state index contributed by atoms with van der Waals surface area (Å²) in [5.41, 5.74) is 0. The summed E-state index contributed by atoms with van der Waals surface area (Å²) in [6, 6.07) is 0. The van der Waals surface area contributed by atoms with Crippen molar-refractivity contribution in [3.63, 3.8) is 0 Å². The van der Waals surface area contributed by atoms with Gasteiger partial charge in [0, 0.05) is 25.4 Å². The van der Waals surface area contributed by atoms with Crippen molar-refractivity contribution in [3.8, 4) is 0 Å². The summed E-state index contributed by atoms with van der Waals surface area (Å²) < 4.78 is 0. The Morgan fingerprint density at radius 1 is 1.29 bits per heavy atom. The second-order valence-electron chi connectivity index (χ2n) is 4.68. The lowest BCUT2D eigenvalue weighted by atomic mass is 10.1. The van der Waals surface area contributed by atoms with Crippen molar-refractivity contribution in [1.29, 1.82) is 0 Å². The van der Waals surface area contributed by atoms with E-state index in [1.165, 1.54) is 0 Å². The average molecular weight is 242 g/mol. The molecule has 17 heavy (non-hydrogen) atoms. The number of aliphatic hydroxyl groups excluding tert-OH is 1. The van der Waals surface area contributed by atoms with Crippen molar-refractivity contribution in [3.05, 3.63) is 0 Å². The summed E-state index contributed by atoms with van der Waals surface area (Å²) in [7, 11) is 0. The molecule has 1 aliphatic carbocycles. The highest BCUT2D eigenvalue weighted by Crippen LogP contribution is 2.24. The van der Waals surface area contributed by atoms with Crippen LogP contribution in [0.3, 0.4) is 0 Å². The number of carbonyl (C=O) groups is 2. The molecule has 1 atom stereocenters. The molecule has 0 aromatic heterocycles. The first-order valence-corrected chi connectivity index (χ1v) is 6.32. The van der Waals surface area contributed by atoms with Crippen molar-refractivity contribution in [2.45, 2.75) is 45.1 Å². The molecule has 1 rings (SSSR count). The van der Waals surface area contributed by atoms with Crippen LogP contribution in [0.4, 0.5) is 0 Å². The number of rotatable bonds is 6. The van der Waals surface area contributed by atoms with Crippen molar-refractivity contribution in [2.24, 2.45) is 5.92 Å². The Balaban J connectivity index is 2.06. The predicted octanol–water partition coefficient (Wildman–Crippen LogP) is 0.180. The van der Waals surface area contributed by atoms with E-state index in [4.69, 9.17) is 5.11 Å². The zero-order valence-electron chi connectivity index (χ0n) is 10.4. The third-order valence-electron chi connectivity index (χ3n) is 2.97.